The van der Waals surface area contributed by atoms with Crippen molar-refractivity contribution in [2.45, 2.75) is 13.2 Å². The molecule has 0 atom stereocenters. The third-order valence-corrected chi connectivity index (χ3v) is 2.43. The Morgan fingerprint density at radius 1 is 1.25 bits per heavy atom. The summed E-state index contributed by atoms with van der Waals surface area (Å²) >= 11 is 5.53. The van der Waals surface area contributed by atoms with E-state index < -0.39 is 0 Å². The highest BCUT2D eigenvalue weighted by Crippen LogP contribution is 2.09. The third kappa shape index (κ3) is 4.79. The van der Waals surface area contributed by atoms with E-state index in [1.165, 1.54) is 11.1 Å². The van der Waals surface area contributed by atoms with Crippen LogP contribution < -0.4 is 5.32 Å². The summed E-state index contributed by atoms with van der Waals surface area (Å²) in [6.45, 7) is 2.36. The van der Waals surface area contributed by atoms with Crippen LogP contribution in [0.15, 0.2) is 36.4 Å². The van der Waals surface area contributed by atoms with E-state index in [-0.39, 0.29) is 0 Å². The second kappa shape index (κ2) is 8.34. The van der Waals surface area contributed by atoms with Crippen molar-refractivity contribution in [2.24, 2.45) is 0 Å². The van der Waals surface area contributed by atoms with Crippen molar-refractivity contribution in [3.63, 3.8) is 0 Å². The molecule has 0 saturated heterocycles. The molecule has 0 aliphatic rings. The molecule has 0 aliphatic heterocycles. The molecule has 0 unspecified atom stereocenters. The molecule has 1 aromatic carbocycles. The summed E-state index contributed by atoms with van der Waals surface area (Å²) in [7, 11) is 1.72. The first-order chi connectivity index (χ1) is 7.88. The van der Waals surface area contributed by atoms with E-state index in [1.54, 1.807) is 7.11 Å². The smallest absolute Gasteiger partial charge is 0.0716 e. The summed E-state index contributed by atoms with van der Waals surface area (Å²) in [5.74, 6) is 0.571. The van der Waals surface area contributed by atoms with Gasteiger partial charge in [-0.15, -0.1) is 11.6 Å². The van der Waals surface area contributed by atoms with E-state index in [0.29, 0.717) is 12.5 Å². The first kappa shape index (κ1) is 13.2. The molecule has 0 spiro atoms. The van der Waals surface area contributed by atoms with E-state index in [2.05, 4.69) is 17.4 Å². The third-order valence-electron chi connectivity index (χ3n) is 2.25. The molecular weight excluding hydrogens is 222 g/mol. The maximum Gasteiger partial charge on any atom is 0.0716 e. The molecule has 2 nitrogen and oxygen atoms in total. The number of ether oxygens (including phenoxy) is 1. The number of halogens is 1. The highest BCUT2D eigenvalue weighted by Gasteiger charge is 1.99. The zero-order chi connectivity index (χ0) is 11.6. The lowest BCUT2D eigenvalue weighted by molar-refractivity contribution is 0.184. The minimum Gasteiger partial charge on any atom is -0.380 e. The number of rotatable bonds is 7. The standard InChI is InChI=1S/C13H18ClNO/c1-16-11-13-7-3-2-6-12(13)10-15-9-5-4-8-14/h2-7,15H,8-11H2,1H3/b5-4+. The normalized spacial score (nSPS) is 11.1. The average molecular weight is 240 g/mol. The van der Waals surface area contributed by atoms with Crippen molar-refractivity contribution in [1.82, 2.24) is 5.32 Å². The molecule has 0 bridgehead atoms. The Morgan fingerprint density at radius 3 is 2.69 bits per heavy atom. The zero-order valence-electron chi connectivity index (χ0n) is 9.58. The fraction of sp³-hybridized carbons (Fsp3) is 0.385. The maximum absolute atomic E-state index is 5.53. The summed E-state index contributed by atoms with van der Waals surface area (Å²) in [6.07, 6.45) is 3.97. The van der Waals surface area contributed by atoms with Crippen LogP contribution in [-0.4, -0.2) is 19.5 Å². The Morgan fingerprint density at radius 2 is 2.00 bits per heavy atom. The summed E-state index contributed by atoms with van der Waals surface area (Å²) in [6, 6.07) is 8.29. The van der Waals surface area contributed by atoms with Crippen LogP contribution in [0.25, 0.3) is 0 Å². The van der Waals surface area contributed by atoms with Crippen molar-refractivity contribution >= 4 is 11.6 Å². The lowest BCUT2D eigenvalue weighted by atomic mass is 10.1. The van der Waals surface area contributed by atoms with Crippen LogP contribution >= 0.6 is 11.6 Å². The van der Waals surface area contributed by atoms with Gasteiger partial charge in [0.1, 0.15) is 0 Å². The zero-order valence-corrected chi connectivity index (χ0v) is 10.3. The summed E-state index contributed by atoms with van der Waals surface area (Å²) in [4.78, 5) is 0. The largest absolute Gasteiger partial charge is 0.380 e. The van der Waals surface area contributed by atoms with Gasteiger partial charge >= 0.3 is 0 Å². The molecule has 0 saturated carbocycles. The number of methoxy groups -OCH3 is 1. The maximum atomic E-state index is 5.53. The van der Waals surface area contributed by atoms with Gasteiger partial charge in [-0.05, 0) is 11.1 Å². The molecule has 0 heterocycles. The van der Waals surface area contributed by atoms with E-state index in [0.717, 1.165) is 13.1 Å². The van der Waals surface area contributed by atoms with Crippen molar-refractivity contribution in [2.75, 3.05) is 19.5 Å². The van der Waals surface area contributed by atoms with Gasteiger partial charge in [0.2, 0.25) is 0 Å². The Labute approximate surface area is 102 Å². The van der Waals surface area contributed by atoms with Crippen LogP contribution in [0.5, 0.6) is 0 Å². The first-order valence-electron chi connectivity index (χ1n) is 5.36. The van der Waals surface area contributed by atoms with Crippen LogP contribution in [0.3, 0.4) is 0 Å². The molecule has 0 aromatic heterocycles. The van der Waals surface area contributed by atoms with Crippen LogP contribution in [0.1, 0.15) is 11.1 Å². The van der Waals surface area contributed by atoms with Gasteiger partial charge in [-0.25, -0.2) is 0 Å². The molecule has 16 heavy (non-hydrogen) atoms. The number of hydrogen-bond acceptors (Lipinski definition) is 2. The lowest BCUT2D eigenvalue weighted by Gasteiger charge is -2.08. The fourth-order valence-electron chi connectivity index (χ4n) is 1.46. The molecule has 0 aliphatic carbocycles. The number of alkyl halides is 1. The molecular formula is C13H18ClNO. The van der Waals surface area contributed by atoms with Crippen molar-refractivity contribution in [3.8, 4) is 0 Å². The quantitative estimate of drug-likeness (QED) is 0.449. The molecule has 0 amide bonds. The Kier molecular flexibility index (Phi) is 6.90. The fourth-order valence-corrected chi connectivity index (χ4v) is 1.59. The first-order valence-corrected chi connectivity index (χ1v) is 5.89. The van der Waals surface area contributed by atoms with Crippen molar-refractivity contribution in [1.29, 1.82) is 0 Å². The van der Waals surface area contributed by atoms with Gasteiger partial charge in [0.05, 0.1) is 6.61 Å². The number of allylic oxidation sites excluding steroid dienone is 1. The predicted octanol–water partition coefficient (Wildman–Crippen LogP) is 2.72. The minimum atomic E-state index is 0.571. The Balaban J connectivity index is 2.43. The van der Waals surface area contributed by atoms with E-state index >= 15 is 0 Å². The van der Waals surface area contributed by atoms with Crippen LogP contribution in [0.2, 0.25) is 0 Å². The number of benzene rings is 1. The van der Waals surface area contributed by atoms with E-state index in [4.69, 9.17) is 16.3 Å². The Bertz CT molecular complexity index is 325. The van der Waals surface area contributed by atoms with Gasteiger partial charge in [0.25, 0.3) is 0 Å². The summed E-state index contributed by atoms with van der Waals surface area (Å²) in [5.41, 5.74) is 2.52. The monoisotopic (exact) mass is 239 g/mol. The molecule has 0 fully saturated rings. The second-order valence-corrected chi connectivity index (χ2v) is 3.77. The molecule has 3 heteroatoms. The van der Waals surface area contributed by atoms with Gasteiger partial charge in [0.15, 0.2) is 0 Å². The molecule has 1 N–H and O–H groups in total. The van der Waals surface area contributed by atoms with Crippen molar-refractivity contribution in [3.05, 3.63) is 47.5 Å². The number of hydrogen-bond donors (Lipinski definition) is 1. The summed E-state index contributed by atoms with van der Waals surface area (Å²) < 4.78 is 5.15. The Hall–Kier alpha value is -0.830. The van der Waals surface area contributed by atoms with Gasteiger partial charge < -0.3 is 10.1 Å². The van der Waals surface area contributed by atoms with Gasteiger partial charge in [0, 0.05) is 26.1 Å². The SMILES string of the molecule is COCc1ccccc1CNC/C=C/CCl. The van der Waals surface area contributed by atoms with E-state index in [1.807, 2.05) is 24.3 Å². The van der Waals surface area contributed by atoms with Gasteiger partial charge in [-0.1, -0.05) is 36.4 Å². The number of nitrogens with one attached hydrogen (secondary N) is 1. The summed E-state index contributed by atoms with van der Waals surface area (Å²) in [5, 5.41) is 3.33. The van der Waals surface area contributed by atoms with Gasteiger partial charge in [-0.3, -0.25) is 0 Å². The molecule has 1 aromatic rings. The highest BCUT2D eigenvalue weighted by molar-refractivity contribution is 6.18. The predicted molar refractivity (Wildman–Crippen MR) is 68.7 cm³/mol. The van der Waals surface area contributed by atoms with E-state index in [9.17, 15) is 0 Å². The molecule has 88 valence electrons. The highest BCUT2D eigenvalue weighted by atomic mass is 35.5. The molecule has 1 rings (SSSR count). The average Bonchev–Trinajstić information content (AvgIpc) is 2.31. The topological polar surface area (TPSA) is 21.3 Å². The molecule has 0 radical (unpaired) electrons. The van der Waals surface area contributed by atoms with Gasteiger partial charge in [-0.2, -0.15) is 0 Å². The van der Waals surface area contributed by atoms with Crippen LogP contribution in [-0.2, 0) is 17.9 Å². The van der Waals surface area contributed by atoms with Crippen LogP contribution in [0.4, 0.5) is 0 Å². The minimum absolute atomic E-state index is 0.571. The second-order valence-electron chi connectivity index (χ2n) is 3.46. The lowest BCUT2D eigenvalue weighted by Crippen LogP contribution is -2.14. The van der Waals surface area contributed by atoms with Crippen molar-refractivity contribution < 1.29 is 4.74 Å². The van der Waals surface area contributed by atoms with Crippen LogP contribution in [0, 0.1) is 0 Å².